The first kappa shape index (κ1) is 12.3. The van der Waals surface area contributed by atoms with Crippen LogP contribution in [0.15, 0.2) is 35.0 Å². The van der Waals surface area contributed by atoms with Crippen LogP contribution < -0.4 is 0 Å². The summed E-state index contributed by atoms with van der Waals surface area (Å²) in [5, 5.41) is 19.0. The van der Waals surface area contributed by atoms with E-state index >= 15 is 0 Å². The molecule has 0 bridgehead atoms. The fourth-order valence-electron chi connectivity index (χ4n) is 1.53. The number of rotatable bonds is 3. The zero-order valence-electron chi connectivity index (χ0n) is 9.42. The molecular formula is C12H10FNO4. The van der Waals surface area contributed by atoms with Gasteiger partial charge >= 0.3 is 5.97 Å². The highest BCUT2D eigenvalue weighted by Gasteiger charge is 2.31. The van der Waals surface area contributed by atoms with Crippen LogP contribution in [-0.4, -0.2) is 21.2 Å². The fraction of sp³-hybridized carbons (Fsp3) is 0.167. The summed E-state index contributed by atoms with van der Waals surface area (Å²) in [5.41, 5.74) is -1.48. The lowest BCUT2D eigenvalue weighted by molar-refractivity contribution is 0.0599. The van der Waals surface area contributed by atoms with Crippen molar-refractivity contribution in [3.05, 3.63) is 53.5 Å². The maximum atomic E-state index is 13.0. The molecule has 0 aliphatic heterocycles. The summed E-state index contributed by atoms with van der Waals surface area (Å²) >= 11 is 0. The van der Waals surface area contributed by atoms with Crippen molar-refractivity contribution in [2.24, 2.45) is 0 Å². The molecule has 0 amide bonds. The largest absolute Gasteiger partial charge is 0.475 e. The third-order valence-corrected chi connectivity index (χ3v) is 2.56. The number of hydrogen-bond acceptors (Lipinski definition) is 4. The van der Waals surface area contributed by atoms with Crippen molar-refractivity contribution in [3.8, 4) is 0 Å². The number of hydrogen-bond donors (Lipinski definition) is 2. The van der Waals surface area contributed by atoms with Crippen LogP contribution in [0, 0.1) is 5.82 Å². The molecule has 94 valence electrons. The average molecular weight is 251 g/mol. The van der Waals surface area contributed by atoms with Gasteiger partial charge in [0.1, 0.15) is 17.2 Å². The Morgan fingerprint density at radius 1 is 1.44 bits per heavy atom. The van der Waals surface area contributed by atoms with E-state index < -0.39 is 17.4 Å². The smallest absolute Gasteiger partial charge is 0.371 e. The molecule has 6 heteroatoms. The number of carboxylic acids is 1. The molecule has 5 nitrogen and oxygen atoms in total. The van der Waals surface area contributed by atoms with Crippen LogP contribution in [0.25, 0.3) is 0 Å². The van der Waals surface area contributed by atoms with Crippen LogP contribution >= 0.6 is 0 Å². The van der Waals surface area contributed by atoms with E-state index in [9.17, 15) is 14.3 Å². The van der Waals surface area contributed by atoms with Crippen molar-refractivity contribution in [1.82, 2.24) is 4.98 Å². The van der Waals surface area contributed by atoms with E-state index in [1.54, 1.807) is 0 Å². The van der Waals surface area contributed by atoms with Gasteiger partial charge in [-0.1, -0.05) is 0 Å². The standard InChI is InChI=1S/C12H10FNO4/c1-12(17,7-4-8(13)6-14-5-7)10-3-2-9(18-10)11(15)16/h2-6,17H,1H3,(H,15,16). The van der Waals surface area contributed by atoms with Crippen LogP contribution in [0.5, 0.6) is 0 Å². The molecule has 0 fully saturated rings. The minimum atomic E-state index is -1.65. The van der Waals surface area contributed by atoms with Gasteiger partial charge in [0.05, 0.1) is 6.20 Å². The van der Waals surface area contributed by atoms with Gasteiger partial charge < -0.3 is 14.6 Å². The summed E-state index contributed by atoms with van der Waals surface area (Å²) in [6.07, 6.45) is 2.29. The number of furan rings is 1. The highest BCUT2D eigenvalue weighted by atomic mass is 19.1. The summed E-state index contributed by atoms with van der Waals surface area (Å²) in [4.78, 5) is 14.3. The number of aromatic carboxylic acids is 1. The Hall–Kier alpha value is -2.21. The Balaban J connectivity index is 2.43. The summed E-state index contributed by atoms with van der Waals surface area (Å²) in [5.74, 6) is -2.13. The Labute approximate surface area is 102 Å². The summed E-state index contributed by atoms with van der Waals surface area (Å²) in [6, 6.07) is 3.66. The van der Waals surface area contributed by atoms with Crippen molar-refractivity contribution < 1.29 is 23.8 Å². The molecule has 0 aliphatic rings. The molecule has 0 saturated carbocycles. The molecular weight excluding hydrogens is 241 g/mol. The van der Waals surface area contributed by atoms with Crippen LogP contribution in [0.1, 0.15) is 28.8 Å². The maximum Gasteiger partial charge on any atom is 0.371 e. The molecule has 18 heavy (non-hydrogen) atoms. The Kier molecular flexibility index (Phi) is 2.88. The minimum absolute atomic E-state index is 0.00676. The number of halogens is 1. The molecule has 2 N–H and O–H groups in total. The number of pyridine rings is 1. The summed E-state index contributed by atoms with van der Waals surface area (Å²) < 4.78 is 18.1. The van der Waals surface area contributed by atoms with Gasteiger partial charge in [0.2, 0.25) is 5.76 Å². The molecule has 1 unspecified atom stereocenters. The monoisotopic (exact) mass is 251 g/mol. The number of aliphatic hydroxyl groups is 1. The second-order valence-electron chi connectivity index (χ2n) is 3.93. The first-order chi connectivity index (χ1) is 8.41. The molecule has 1 atom stereocenters. The molecule has 0 spiro atoms. The van der Waals surface area contributed by atoms with Gasteiger partial charge in [0.15, 0.2) is 0 Å². The van der Waals surface area contributed by atoms with Crippen molar-refractivity contribution >= 4 is 5.97 Å². The summed E-state index contributed by atoms with van der Waals surface area (Å²) in [6.45, 7) is 1.37. The third-order valence-electron chi connectivity index (χ3n) is 2.56. The SMILES string of the molecule is CC(O)(c1cncc(F)c1)c1ccc(C(=O)O)o1. The normalized spacial score (nSPS) is 14.2. The maximum absolute atomic E-state index is 13.0. The van der Waals surface area contributed by atoms with E-state index in [1.807, 2.05) is 0 Å². The Morgan fingerprint density at radius 2 is 2.17 bits per heavy atom. The van der Waals surface area contributed by atoms with E-state index in [0.717, 1.165) is 12.3 Å². The molecule has 0 saturated heterocycles. The fourth-order valence-corrected chi connectivity index (χ4v) is 1.53. The first-order valence-electron chi connectivity index (χ1n) is 5.08. The van der Waals surface area contributed by atoms with Crippen LogP contribution in [0.4, 0.5) is 4.39 Å². The van der Waals surface area contributed by atoms with E-state index in [1.165, 1.54) is 25.3 Å². The topological polar surface area (TPSA) is 83.6 Å². The van der Waals surface area contributed by atoms with Crippen LogP contribution in [-0.2, 0) is 5.60 Å². The van der Waals surface area contributed by atoms with E-state index in [0.29, 0.717) is 0 Å². The molecule has 2 rings (SSSR count). The van der Waals surface area contributed by atoms with Gasteiger partial charge in [-0.25, -0.2) is 9.18 Å². The van der Waals surface area contributed by atoms with Gasteiger partial charge in [0.25, 0.3) is 0 Å². The summed E-state index contributed by atoms with van der Waals surface area (Å²) in [7, 11) is 0. The highest BCUT2D eigenvalue weighted by Crippen LogP contribution is 2.30. The zero-order valence-corrected chi connectivity index (χ0v) is 9.42. The lowest BCUT2D eigenvalue weighted by atomic mass is 9.95. The van der Waals surface area contributed by atoms with E-state index in [2.05, 4.69) is 4.98 Å². The third kappa shape index (κ3) is 2.10. The van der Waals surface area contributed by atoms with Gasteiger partial charge in [-0.15, -0.1) is 0 Å². The van der Waals surface area contributed by atoms with Gasteiger partial charge in [0, 0.05) is 11.8 Å². The van der Waals surface area contributed by atoms with Crippen LogP contribution in [0.3, 0.4) is 0 Å². The highest BCUT2D eigenvalue weighted by molar-refractivity contribution is 5.84. The van der Waals surface area contributed by atoms with E-state index in [-0.39, 0.29) is 17.1 Å². The molecule has 2 aromatic heterocycles. The number of carboxylic acid groups (broad SMARTS) is 1. The Morgan fingerprint density at radius 3 is 2.72 bits per heavy atom. The second-order valence-corrected chi connectivity index (χ2v) is 3.93. The predicted octanol–water partition coefficient (Wildman–Crippen LogP) is 1.77. The second kappa shape index (κ2) is 4.23. The predicted molar refractivity (Wildman–Crippen MR) is 58.5 cm³/mol. The average Bonchev–Trinajstić information content (AvgIpc) is 2.79. The zero-order chi connectivity index (χ0) is 13.3. The van der Waals surface area contributed by atoms with E-state index in [4.69, 9.17) is 9.52 Å². The van der Waals surface area contributed by atoms with Gasteiger partial charge in [-0.3, -0.25) is 4.98 Å². The number of carbonyl (C=O) groups is 1. The molecule has 0 radical (unpaired) electrons. The molecule has 0 aliphatic carbocycles. The van der Waals surface area contributed by atoms with Crippen LogP contribution in [0.2, 0.25) is 0 Å². The van der Waals surface area contributed by atoms with Gasteiger partial charge in [-0.05, 0) is 25.1 Å². The lowest BCUT2D eigenvalue weighted by Gasteiger charge is -2.20. The Bertz CT molecular complexity index is 591. The molecule has 2 heterocycles. The quantitative estimate of drug-likeness (QED) is 0.868. The van der Waals surface area contributed by atoms with Gasteiger partial charge in [-0.2, -0.15) is 0 Å². The lowest BCUT2D eigenvalue weighted by Crippen LogP contribution is -2.22. The molecule has 0 aromatic carbocycles. The first-order valence-corrected chi connectivity index (χ1v) is 5.08. The van der Waals surface area contributed by atoms with Crippen molar-refractivity contribution in [1.29, 1.82) is 0 Å². The van der Waals surface area contributed by atoms with Crippen molar-refractivity contribution in [2.45, 2.75) is 12.5 Å². The number of aromatic nitrogens is 1. The van der Waals surface area contributed by atoms with Crippen molar-refractivity contribution in [3.63, 3.8) is 0 Å². The van der Waals surface area contributed by atoms with Crippen molar-refractivity contribution in [2.75, 3.05) is 0 Å². The molecule has 2 aromatic rings. The minimum Gasteiger partial charge on any atom is -0.475 e. The number of nitrogens with zero attached hydrogens (tertiary/aromatic N) is 1.